The Bertz CT molecular complexity index is 1050. The molecular weight excluding hydrogens is 378 g/mol. The Morgan fingerprint density at radius 3 is 2.37 bits per heavy atom. The molecule has 0 aliphatic carbocycles. The minimum Gasteiger partial charge on any atom is -0.335 e. The first kappa shape index (κ1) is 20.0. The van der Waals surface area contributed by atoms with Crippen molar-refractivity contribution in [1.82, 2.24) is 29.5 Å². The van der Waals surface area contributed by atoms with Gasteiger partial charge in [-0.1, -0.05) is 6.07 Å². The maximum Gasteiger partial charge on any atom is 0.272 e. The molecule has 1 N–H and O–H groups in total. The van der Waals surface area contributed by atoms with E-state index in [-0.39, 0.29) is 5.91 Å². The van der Waals surface area contributed by atoms with E-state index in [1.165, 1.54) is 11.1 Å². The van der Waals surface area contributed by atoms with Gasteiger partial charge in [-0.3, -0.25) is 9.48 Å². The second kappa shape index (κ2) is 8.23. The number of rotatable bonds is 4. The zero-order valence-corrected chi connectivity index (χ0v) is 17.9. The van der Waals surface area contributed by atoms with Gasteiger partial charge in [-0.15, -0.1) is 0 Å². The van der Waals surface area contributed by atoms with Crippen molar-refractivity contribution >= 4 is 17.5 Å². The number of amides is 1. The molecule has 8 nitrogen and oxygen atoms in total. The van der Waals surface area contributed by atoms with Gasteiger partial charge in [0, 0.05) is 45.1 Å². The third-order valence-electron chi connectivity index (χ3n) is 5.29. The number of carbonyl (C=O) groups is 1. The molecule has 0 saturated carbocycles. The van der Waals surface area contributed by atoms with Crippen molar-refractivity contribution in [3.63, 3.8) is 0 Å². The van der Waals surface area contributed by atoms with Crippen LogP contribution in [0.3, 0.4) is 0 Å². The van der Waals surface area contributed by atoms with Crippen LogP contribution >= 0.6 is 0 Å². The van der Waals surface area contributed by atoms with Gasteiger partial charge in [-0.25, -0.2) is 9.97 Å². The van der Waals surface area contributed by atoms with Gasteiger partial charge in [-0.05, 0) is 56.3 Å². The van der Waals surface area contributed by atoms with Crippen LogP contribution in [0.5, 0.6) is 0 Å². The average Bonchev–Trinajstić information content (AvgIpc) is 3.09. The number of piperazine rings is 1. The normalized spacial score (nSPS) is 14.7. The summed E-state index contributed by atoms with van der Waals surface area (Å²) in [6, 6.07) is 9.84. The molecular formula is C22H27N7O. The number of hydrogen-bond acceptors (Lipinski definition) is 6. The lowest BCUT2D eigenvalue weighted by atomic mass is 10.1. The van der Waals surface area contributed by atoms with E-state index in [2.05, 4.69) is 64.4 Å². The van der Waals surface area contributed by atoms with E-state index in [4.69, 9.17) is 0 Å². The maximum atomic E-state index is 12.9. The first-order chi connectivity index (χ1) is 14.4. The molecule has 156 valence electrons. The third-order valence-corrected chi connectivity index (χ3v) is 5.29. The van der Waals surface area contributed by atoms with E-state index < -0.39 is 0 Å². The Morgan fingerprint density at radius 2 is 1.67 bits per heavy atom. The minimum atomic E-state index is 0.00647. The lowest BCUT2D eigenvalue weighted by Gasteiger charge is -2.32. The topological polar surface area (TPSA) is 79.2 Å². The van der Waals surface area contributed by atoms with E-state index in [0.717, 1.165) is 31.9 Å². The van der Waals surface area contributed by atoms with Crippen LogP contribution in [0.2, 0.25) is 0 Å². The average molecular weight is 406 g/mol. The lowest BCUT2D eigenvalue weighted by Crippen LogP contribution is -2.47. The molecule has 0 atom stereocenters. The molecule has 1 aliphatic rings. The van der Waals surface area contributed by atoms with Crippen LogP contribution in [-0.4, -0.2) is 68.7 Å². The first-order valence-electron chi connectivity index (χ1n) is 10.1. The van der Waals surface area contributed by atoms with E-state index in [9.17, 15) is 4.79 Å². The summed E-state index contributed by atoms with van der Waals surface area (Å²) in [6.45, 7) is 7.34. The summed E-state index contributed by atoms with van der Waals surface area (Å²) in [5.74, 6) is 0.502. The van der Waals surface area contributed by atoms with Crippen LogP contribution in [0.1, 0.15) is 21.6 Å². The summed E-state index contributed by atoms with van der Waals surface area (Å²) in [5.41, 5.74) is 5.18. The molecule has 1 amide bonds. The molecule has 0 unspecified atom stereocenters. The Hall–Kier alpha value is -3.26. The van der Waals surface area contributed by atoms with Crippen LogP contribution in [0.15, 0.2) is 36.5 Å². The zero-order valence-electron chi connectivity index (χ0n) is 17.9. The van der Waals surface area contributed by atoms with Gasteiger partial charge >= 0.3 is 0 Å². The fourth-order valence-electron chi connectivity index (χ4n) is 3.70. The molecule has 1 aliphatic heterocycles. The summed E-state index contributed by atoms with van der Waals surface area (Å²) in [5, 5.41) is 7.79. The Kier molecular flexibility index (Phi) is 5.50. The smallest absolute Gasteiger partial charge is 0.272 e. The highest BCUT2D eigenvalue weighted by Gasteiger charge is 2.24. The van der Waals surface area contributed by atoms with Crippen molar-refractivity contribution in [1.29, 1.82) is 0 Å². The molecule has 3 heterocycles. The van der Waals surface area contributed by atoms with Crippen molar-refractivity contribution < 1.29 is 4.79 Å². The van der Waals surface area contributed by atoms with Crippen molar-refractivity contribution in [2.75, 3.05) is 38.5 Å². The van der Waals surface area contributed by atoms with E-state index >= 15 is 0 Å². The Balaban J connectivity index is 1.55. The summed E-state index contributed by atoms with van der Waals surface area (Å²) < 4.78 is 1.63. The molecule has 8 heteroatoms. The summed E-state index contributed by atoms with van der Waals surface area (Å²) in [4.78, 5) is 26.0. The fraction of sp³-hybridized carbons (Fsp3) is 0.364. The molecule has 3 aromatic rings. The number of nitrogens with one attached hydrogen (secondary N) is 1. The van der Waals surface area contributed by atoms with E-state index in [0.29, 0.717) is 23.0 Å². The predicted molar refractivity (Wildman–Crippen MR) is 117 cm³/mol. The highest BCUT2D eigenvalue weighted by molar-refractivity contribution is 5.93. The van der Waals surface area contributed by atoms with E-state index in [1.807, 2.05) is 11.0 Å². The number of anilines is 2. The number of benzene rings is 1. The molecule has 2 aromatic heterocycles. The predicted octanol–water partition coefficient (Wildman–Crippen LogP) is 2.63. The molecule has 0 spiro atoms. The first-order valence-corrected chi connectivity index (χ1v) is 10.1. The van der Waals surface area contributed by atoms with Crippen molar-refractivity contribution in [3.8, 4) is 11.4 Å². The Morgan fingerprint density at radius 1 is 0.967 bits per heavy atom. The second-order valence-corrected chi connectivity index (χ2v) is 7.90. The number of likely N-dealkylation sites (N-methyl/N-ethyl adjacent to an activating group) is 1. The minimum absolute atomic E-state index is 0.00647. The number of aryl methyl sites for hydroxylation is 3. The largest absolute Gasteiger partial charge is 0.335 e. The number of hydrogen-bond donors (Lipinski definition) is 1. The number of aromatic nitrogens is 4. The van der Waals surface area contributed by atoms with Crippen LogP contribution in [0, 0.1) is 13.8 Å². The van der Waals surface area contributed by atoms with Gasteiger partial charge in [0.05, 0.1) is 5.69 Å². The van der Waals surface area contributed by atoms with E-state index in [1.54, 1.807) is 24.0 Å². The van der Waals surface area contributed by atoms with Gasteiger partial charge in [0.25, 0.3) is 5.91 Å². The second-order valence-electron chi connectivity index (χ2n) is 7.90. The van der Waals surface area contributed by atoms with Gasteiger partial charge in [0.1, 0.15) is 11.4 Å². The summed E-state index contributed by atoms with van der Waals surface area (Å²) >= 11 is 0. The molecule has 1 fully saturated rings. The number of nitrogens with zero attached hydrogens (tertiary/aromatic N) is 6. The molecule has 0 bridgehead atoms. The standard InChI is InChI=1S/C22H27N7O/c1-15-11-16(2)13-17(12-15)24-22-23-6-5-18(25-22)19-14-20(28(4)26-19)21(30)29-9-7-27(3)8-10-29/h5-6,11-14H,7-10H2,1-4H3,(H,23,24,25). The zero-order chi connectivity index (χ0) is 21.3. The maximum absolute atomic E-state index is 12.9. The monoisotopic (exact) mass is 405 g/mol. The third kappa shape index (κ3) is 4.33. The quantitative estimate of drug-likeness (QED) is 0.719. The SMILES string of the molecule is Cc1cc(C)cc(Nc2nccc(-c3cc(C(=O)N4CCN(C)CC4)n(C)n3)n2)c1. The molecule has 1 saturated heterocycles. The Labute approximate surface area is 176 Å². The van der Waals surface area contributed by atoms with Crippen LogP contribution < -0.4 is 5.32 Å². The molecule has 0 radical (unpaired) electrons. The highest BCUT2D eigenvalue weighted by Crippen LogP contribution is 2.21. The van der Waals surface area contributed by atoms with Crippen LogP contribution in [0.4, 0.5) is 11.6 Å². The van der Waals surface area contributed by atoms with Crippen molar-refractivity contribution in [3.05, 3.63) is 53.3 Å². The van der Waals surface area contributed by atoms with Crippen LogP contribution in [0.25, 0.3) is 11.4 Å². The van der Waals surface area contributed by atoms with Gasteiger partial charge < -0.3 is 15.1 Å². The van der Waals surface area contributed by atoms with Crippen LogP contribution in [-0.2, 0) is 7.05 Å². The van der Waals surface area contributed by atoms with Crippen molar-refractivity contribution in [2.45, 2.75) is 13.8 Å². The van der Waals surface area contributed by atoms with Gasteiger partial charge in [0.2, 0.25) is 5.95 Å². The highest BCUT2D eigenvalue weighted by atomic mass is 16.2. The summed E-state index contributed by atoms with van der Waals surface area (Å²) in [6.07, 6.45) is 1.70. The molecule has 30 heavy (non-hydrogen) atoms. The van der Waals surface area contributed by atoms with Crippen molar-refractivity contribution in [2.24, 2.45) is 7.05 Å². The number of carbonyl (C=O) groups excluding carboxylic acids is 1. The molecule has 1 aromatic carbocycles. The van der Waals surface area contributed by atoms with Gasteiger partial charge in [0.15, 0.2) is 0 Å². The lowest BCUT2D eigenvalue weighted by molar-refractivity contribution is 0.0653. The fourth-order valence-corrected chi connectivity index (χ4v) is 3.70. The molecule has 4 rings (SSSR count). The summed E-state index contributed by atoms with van der Waals surface area (Å²) in [7, 11) is 3.87. The van der Waals surface area contributed by atoms with Gasteiger partial charge in [-0.2, -0.15) is 5.10 Å².